The summed E-state index contributed by atoms with van der Waals surface area (Å²) in [5.74, 6) is 0. The maximum Gasteiger partial charge on any atom is -0.0395 e. The largest absolute Gasteiger partial charge is 0.0991 e. The molecule has 0 aromatic carbocycles. The highest BCUT2D eigenvalue weighted by molar-refractivity contribution is 5.30. The molecular weight excluding hydrogens is 216 g/mol. The third-order valence-electron chi connectivity index (χ3n) is 1.41. The molecule has 0 fully saturated rings. The van der Waals surface area contributed by atoms with E-state index in [1.165, 1.54) is 11.1 Å². The molecule has 0 nitrogen and oxygen atoms in total. The first-order valence-corrected chi connectivity index (χ1v) is 7.31. The van der Waals surface area contributed by atoms with Gasteiger partial charge in [0.1, 0.15) is 0 Å². The van der Waals surface area contributed by atoms with E-state index in [0.717, 1.165) is 0 Å². The van der Waals surface area contributed by atoms with Crippen LogP contribution in [0.4, 0.5) is 0 Å². The Morgan fingerprint density at radius 1 is 0.667 bits per heavy atom. The highest BCUT2D eigenvalue weighted by atomic mass is 13.9. The smallest absolute Gasteiger partial charge is 0.0395 e. The lowest BCUT2D eigenvalue weighted by Gasteiger charge is -1.93. The van der Waals surface area contributed by atoms with Crippen molar-refractivity contribution >= 4 is 0 Å². The Morgan fingerprint density at radius 3 is 1.22 bits per heavy atom. The summed E-state index contributed by atoms with van der Waals surface area (Å²) < 4.78 is 0. The molecule has 0 spiro atoms. The molecule has 0 rings (SSSR count). The van der Waals surface area contributed by atoms with E-state index in [1.54, 1.807) is 6.08 Å². The zero-order valence-corrected chi connectivity index (χ0v) is 14.7. The lowest BCUT2D eigenvalue weighted by molar-refractivity contribution is 1.38. The lowest BCUT2D eigenvalue weighted by Crippen LogP contribution is -1.73. The summed E-state index contributed by atoms with van der Waals surface area (Å²) in [6, 6.07) is 0. The van der Waals surface area contributed by atoms with Crippen LogP contribution in [0.5, 0.6) is 0 Å². The van der Waals surface area contributed by atoms with Gasteiger partial charge in [0.15, 0.2) is 0 Å². The van der Waals surface area contributed by atoms with Crippen LogP contribution in [0.25, 0.3) is 0 Å². The van der Waals surface area contributed by atoms with Gasteiger partial charge in [0, 0.05) is 0 Å². The molecule has 0 aliphatic carbocycles. The molecule has 0 aromatic rings. The van der Waals surface area contributed by atoms with Crippen LogP contribution in [0.15, 0.2) is 48.6 Å². The van der Waals surface area contributed by atoms with E-state index in [1.807, 2.05) is 80.5 Å². The fraction of sp³-hybridized carbons (Fsp3) is 0.556. The summed E-state index contributed by atoms with van der Waals surface area (Å²) >= 11 is 0. The molecule has 0 amide bonds. The van der Waals surface area contributed by atoms with Gasteiger partial charge in [-0.25, -0.2) is 0 Å². The van der Waals surface area contributed by atoms with E-state index in [9.17, 15) is 0 Å². The summed E-state index contributed by atoms with van der Waals surface area (Å²) in [5, 5.41) is 0. The third kappa shape index (κ3) is 36.3. The normalized spacial score (nSPS) is 8.56. The minimum absolute atomic E-state index is 1.21. The number of rotatable bonds is 3. The summed E-state index contributed by atoms with van der Waals surface area (Å²) in [5.41, 5.74) is 2.44. The quantitative estimate of drug-likeness (QED) is 0.462. The van der Waals surface area contributed by atoms with Gasteiger partial charge in [-0.15, -0.1) is 0 Å². The maximum absolute atomic E-state index is 3.67. The van der Waals surface area contributed by atoms with Crippen molar-refractivity contribution in [2.24, 2.45) is 0 Å². The Bertz CT molecular complexity index is 180. The summed E-state index contributed by atoms with van der Waals surface area (Å²) in [6.07, 6.45) is 7.55. The van der Waals surface area contributed by atoms with E-state index in [4.69, 9.17) is 0 Å². The number of hydrogen-bond donors (Lipinski definition) is 0. The average Bonchev–Trinajstić information content (AvgIpc) is 2.51. The Balaban J connectivity index is -0.0000000596. The second-order valence-corrected chi connectivity index (χ2v) is 2.16. The molecule has 0 bridgehead atoms. The highest BCUT2D eigenvalue weighted by Crippen LogP contribution is 2.04. The molecule has 0 saturated heterocycles. The molecule has 0 radical (unpaired) electrons. The molecule has 0 heterocycles. The van der Waals surface area contributed by atoms with Crippen molar-refractivity contribution in [3.63, 3.8) is 0 Å². The van der Waals surface area contributed by atoms with Crippen molar-refractivity contribution in [3.05, 3.63) is 48.6 Å². The first kappa shape index (κ1) is 30.2. The molecule has 0 aliphatic rings. The third-order valence-corrected chi connectivity index (χ3v) is 1.41. The van der Waals surface area contributed by atoms with E-state index >= 15 is 0 Å². The second kappa shape index (κ2) is 44.5. The molecule has 0 aromatic heterocycles. The Kier molecular flexibility index (Phi) is 74.7. The number of allylic oxidation sites excluding steroid dienone is 6. The first-order valence-electron chi connectivity index (χ1n) is 7.31. The minimum atomic E-state index is 1.21. The van der Waals surface area contributed by atoms with Gasteiger partial charge >= 0.3 is 0 Å². The van der Waals surface area contributed by atoms with Crippen molar-refractivity contribution in [1.82, 2.24) is 0 Å². The van der Waals surface area contributed by atoms with Gasteiger partial charge < -0.3 is 0 Å². The van der Waals surface area contributed by atoms with Gasteiger partial charge in [0.2, 0.25) is 0 Å². The maximum atomic E-state index is 3.67. The van der Waals surface area contributed by atoms with Gasteiger partial charge in [0.05, 0.1) is 0 Å². The van der Waals surface area contributed by atoms with Gasteiger partial charge in [-0.2, -0.15) is 0 Å². The van der Waals surface area contributed by atoms with Crippen LogP contribution in [0.2, 0.25) is 0 Å². The van der Waals surface area contributed by atoms with Crippen molar-refractivity contribution in [3.8, 4) is 0 Å². The van der Waals surface area contributed by atoms with E-state index < -0.39 is 0 Å². The number of hydrogen-bond acceptors (Lipinski definition) is 0. The zero-order valence-electron chi connectivity index (χ0n) is 14.7. The summed E-state index contributed by atoms with van der Waals surface area (Å²) in [6.45, 7) is 27.3. The molecule has 0 aliphatic heterocycles. The van der Waals surface area contributed by atoms with E-state index in [-0.39, 0.29) is 0 Å². The lowest BCUT2D eigenvalue weighted by atomic mass is 10.1. The van der Waals surface area contributed by atoms with Crippen LogP contribution in [0, 0.1) is 0 Å². The topological polar surface area (TPSA) is 0 Å². The predicted octanol–water partition coefficient (Wildman–Crippen LogP) is 7.36. The Morgan fingerprint density at radius 2 is 1.00 bits per heavy atom. The van der Waals surface area contributed by atoms with Crippen LogP contribution in [0.1, 0.15) is 69.2 Å². The molecule has 0 atom stereocenters. The standard InChI is InChI=1S/C10H14.4C2H6/c1-5-7-8-10(4)9(3)6-2;4*1-2/h5-8H,1-2H2,3-4H3;4*1-2H3/b8-7-,10-9-;;;;. The zero-order chi connectivity index (χ0) is 16.0. The monoisotopic (exact) mass is 254 g/mol. The Hall–Kier alpha value is -1.04. The molecule has 0 heteroatoms. The average molecular weight is 255 g/mol. The van der Waals surface area contributed by atoms with Crippen molar-refractivity contribution in [1.29, 1.82) is 0 Å². The van der Waals surface area contributed by atoms with Crippen LogP contribution >= 0.6 is 0 Å². The SMILES string of the molecule is C=C/C=C\C(C)=C(\C)C=C.CC.CC.CC.CC. The summed E-state index contributed by atoms with van der Waals surface area (Å²) in [7, 11) is 0. The van der Waals surface area contributed by atoms with Gasteiger partial charge in [-0.3, -0.25) is 0 Å². The van der Waals surface area contributed by atoms with Gasteiger partial charge in [0.25, 0.3) is 0 Å². The van der Waals surface area contributed by atoms with Crippen LogP contribution < -0.4 is 0 Å². The van der Waals surface area contributed by atoms with Crippen molar-refractivity contribution < 1.29 is 0 Å². The molecule has 0 saturated carbocycles. The van der Waals surface area contributed by atoms with Crippen LogP contribution in [-0.4, -0.2) is 0 Å². The van der Waals surface area contributed by atoms with E-state index in [0.29, 0.717) is 0 Å². The predicted molar refractivity (Wildman–Crippen MR) is 93.3 cm³/mol. The minimum Gasteiger partial charge on any atom is -0.0991 e. The summed E-state index contributed by atoms with van der Waals surface area (Å²) in [4.78, 5) is 0. The van der Waals surface area contributed by atoms with Crippen molar-refractivity contribution in [2.75, 3.05) is 0 Å². The highest BCUT2D eigenvalue weighted by Gasteiger charge is 1.84. The molecular formula is C18H38. The fourth-order valence-electron chi connectivity index (χ4n) is 0.505. The van der Waals surface area contributed by atoms with Gasteiger partial charge in [-0.05, 0) is 25.0 Å². The molecule has 18 heavy (non-hydrogen) atoms. The van der Waals surface area contributed by atoms with E-state index in [2.05, 4.69) is 20.1 Å². The van der Waals surface area contributed by atoms with Gasteiger partial charge in [-0.1, -0.05) is 92.9 Å². The molecule has 0 N–H and O–H groups in total. The van der Waals surface area contributed by atoms with Crippen molar-refractivity contribution in [2.45, 2.75) is 69.2 Å². The molecule has 110 valence electrons. The second-order valence-electron chi connectivity index (χ2n) is 2.16. The van der Waals surface area contributed by atoms with Crippen LogP contribution in [0.3, 0.4) is 0 Å². The Labute approximate surface area is 118 Å². The molecule has 0 unspecified atom stereocenters. The fourth-order valence-corrected chi connectivity index (χ4v) is 0.505. The van der Waals surface area contributed by atoms with Crippen LogP contribution in [-0.2, 0) is 0 Å². The first-order chi connectivity index (χ1) is 8.72.